The molecule has 0 spiro atoms. The Labute approximate surface area is 164 Å². The number of carbonyl (C=O) groups excluding carboxylic acids is 1. The van der Waals surface area contributed by atoms with E-state index in [1.165, 1.54) is 43.5 Å². The van der Waals surface area contributed by atoms with Gasteiger partial charge in [0.2, 0.25) is 5.88 Å². The van der Waals surface area contributed by atoms with Crippen LogP contribution in [0.1, 0.15) is 15.9 Å². The van der Waals surface area contributed by atoms with E-state index >= 15 is 0 Å². The molecule has 0 saturated heterocycles. The first-order valence-electron chi connectivity index (χ1n) is 8.48. The Morgan fingerprint density at radius 1 is 1.00 bits per heavy atom. The lowest BCUT2D eigenvalue weighted by Gasteiger charge is -2.14. The Morgan fingerprint density at radius 2 is 1.69 bits per heavy atom. The van der Waals surface area contributed by atoms with Crippen LogP contribution in [0.5, 0.6) is 11.6 Å². The van der Waals surface area contributed by atoms with Gasteiger partial charge in [0.25, 0.3) is 0 Å². The van der Waals surface area contributed by atoms with E-state index in [0.29, 0.717) is 0 Å². The van der Waals surface area contributed by atoms with Gasteiger partial charge in [-0.15, -0.1) is 13.2 Å². The quantitative estimate of drug-likeness (QED) is 0.542. The molecule has 0 amide bonds. The third-order valence-corrected chi connectivity index (χ3v) is 3.84. The largest absolute Gasteiger partial charge is 0.573 e. The minimum Gasteiger partial charge on any atom is -0.473 e. The van der Waals surface area contributed by atoms with Crippen LogP contribution in [0.3, 0.4) is 0 Å². The van der Waals surface area contributed by atoms with E-state index in [1.54, 1.807) is 0 Å². The second kappa shape index (κ2) is 8.64. The molecule has 1 aromatic heterocycles. The van der Waals surface area contributed by atoms with Crippen LogP contribution in [0.25, 0.3) is 11.3 Å². The average molecular weight is 403 g/mol. The van der Waals surface area contributed by atoms with Gasteiger partial charge in [0, 0.05) is 11.6 Å². The predicted octanol–water partition coefficient (Wildman–Crippen LogP) is 5.01. The maximum atomic E-state index is 12.7. The summed E-state index contributed by atoms with van der Waals surface area (Å²) in [5, 5.41) is 0. The normalized spacial score (nSPS) is 11.0. The molecule has 150 valence electrons. The lowest BCUT2D eigenvalue weighted by Crippen LogP contribution is -2.17. The number of pyridine rings is 1. The number of ether oxygens (including phenoxy) is 3. The highest BCUT2D eigenvalue weighted by Gasteiger charge is 2.32. The van der Waals surface area contributed by atoms with Crippen LogP contribution in [0.4, 0.5) is 13.2 Å². The van der Waals surface area contributed by atoms with E-state index in [2.05, 4.69) is 9.72 Å². The molecule has 0 unspecified atom stereocenters. The van der Waals surface area contributed by atoms with Crippen LogP contribution in [0.2, 0.25) is 0 Å². The molecule has 3 aromatic rings. The summed E-state index contributed by atoms with van der Waals surface area (Å²) < 4.78 is 52.7. The van der Waals surface area contributed by atoms with E-state index in [1.807, 2.05) is 30.3 Å². The Hall–Kier alpha value is -3.55. The summed E-state index contributed by atoms with van der Waals surface area (Å²) >= 11 is 0. The van der Waals surface area contributed by atoms with Gasteiger partial charge in [0.05, 0.1) is 18.4 Å². The molecule has 1 heterocycles. The van der Waals surface area contributed by atoms with E-state index in [0.717, 1.165) is 5.56 Å². The van der Waals surface area contributed by atoms with Gasteiger partial charge in [-0.05, 0) is 23.8 Å². The second-order valence-corrected chi connectivity index (χ2v) is 5.89. The number of aromatic nitrogens is 1. The van der Waals surface area contributed by atoms with Gasteiger partial charge >= 0.3 is 12.3 Å². The first kappa shape index (κ1) is 20.2. The Bertz CT molecular complexity index is 991. The smallest absolute Gasteiger partial charge is 0.473 e. The fourth-order valence-corrected chi connectivity index (χ4v) is 2.58. The number of hydrogen-bond donors (Lipinski definition) is 0. The van der Waals surface area contributed by atoms with Crippen molar-refractivity contribution in [2.24, 2.45) is 0 Å². The summed E-state index contributed by atoms with van der Waals surface area (Å²) in [6.45, 7) is 0.165. The summed E-state index contributed by atoms with van der Waals surface area (Å²) in [5.74, 6) is -1.05. The van der Waals surface area contributed by atoms with E-state index < -0.39 is 18.1 Å². The summed E-state index contributed by atoms with van der Waals surface area (Å²) in [4.78, 5) is 16.3. The van der Waals surface area contributed by atoms with Gasteiger partial charge in [0.1, 0.15) is 12.4 Å². The van der Waals surface area contributed by atoms with Crippen molar-refractivity contribution in [3.05, 3.63) is 77.9 Å². The van der Waals surface area contributed by atoms with Crippen molar-refractivity contribution in [3.8, 4) is 22.9 Å². The zero-order chi connectivity index (χ0) is 20.9. The van der Waals surface area contributed by atoms with Gasteiger partial charge in [-0.3, -0.25) is 0 Å². The Balaban J connectivity index is 1.99. The van der Waals surface area contributed by atoms with Crippen molar-refractivity contribution in [1.82, 2.24) is 4.98 Å². The first-order chi connectivity index (χ1) is 13.9. The van der Waals surface area contributed by atoms with E-state index in [4.69, 9.17) is 9.47 Å². The maximum absolute atomic E-state index is 12.7. The van der Waals surface area contributed by atoms with Crippen LogP contribution in [-0.4, -0.2) is 24.4 Å². The molecule has 0 bridgehead atoms. The molecule has 0 aliphatic carbocycles. The van der Waals surface area contributed by atoms with Crippen LogP contribution < -0.4 is 9.47 Å². The molecule has 29 heavy (non-hydrogen) atoms. The van der Waals surface area contributed by atoms with Gasteiger partial charge in [-0.2, -0.15) is 0 Å². The molecule has 3 rings (SSSR count). The number of carbonyl (C=O) groups is 1. The molecule has 5 nitrogen and oxygen atoms in total. The molecular weight excluding hydrogens is 387 g/mol. The SMILES string of the molecule is COC(=O)c1cc(OCc2ccccc2)nc(-c2ccccc2OC(F)(F)F)c1. The number of para-hydroxylation sites is 1. The standard InChI is InChI=1S/C21H16F3NO4/c1-27-20(26)15-11-17(16-9-5-6-10-18(16)29-21(22,23)24)25-19(12-15)28-13-14-7-3-2-4-8-14/h2-12H,13H2,1H3. The average Bonchev–Trinajstić information content (AvgIpc) is 2.71. The second-order valence-electron chi connectivity index (χ2n) is 5.89. The molecule has 0 saturated carbocycles. The lowest BCUT2D eigenvalue weighted by molar-refractivity contribution is -0.274. The lowest BCUT2D eigenvalue weighted by atomic mass is 10.1. The first-order valence-corrected chi connectivity index (χ1v) is 8.48. The minimum absolute atomic E-state index is 0.0557. The number of benzene rings is 2. The molecule has 0 fully saturated rings. The molecule has 0 atom stereocenters. The van der Waals surface area contributed by atoms with Crippen molar-refractivity contribution < 1.29 is 32.2 Å². The fraction of sp³-hybridized carbons (Fsp3) is 0.143. The van der Waals surface area contributed by atoms with Gasteiger partial charge in [-0.25, -0.2) is 9.78 Å². The van der Waals surface area contributed by atoms with Crippen LogP contribution in [0.15, 0.2) is 66.7 Å². The van der Waals surface area contributed by atoms with Crippen molar-refractivity contribution in [3.63, 3.8) is 0 Å². The summed E-state index contributed by atoms with van der Waals surface area (Å²) in [5.41, 5.74) is 1.08. The summed E-state index contributed by atoms with van der Waals surface area (Å²) in [6.07, 6.45) is -4.87. The Kier molecular flexibility index (Phi) is 6.01. The van der Waals surface area contributed by atoms with Gasteiger partial charge in [0.15, 0.2) is 0 Å². The van der Waals surface area contributed by atoms with Gasteiger partial charge < -0.3 is 14.2 Å². The van der Waals surface area contributed by atoms with Crippen molar-refractivity contribution >= 4 is 5.97 Å². The molecule has 0 aliphatic rings. The highest BCUT2D eigenvalue weighted by Crippen LogP contribution is 2.34. The molecule has 8 heteroatoms. The molecule has 2 aromatic carbocycles. The topological polar surface area (TPSA) is 57.7 Å². The van der Waals surface area contributed by atoms with Crippen LogP contribution in [0, 0.1) is 0 Å². The summed E-state index contributed by atoms with van der Waals surface area (Å²) in [7, 11) is 1.20. The fourth-order valence-electron chi connectivity index (χ4n) is 2.58. The monoisotopic (exact) mass is 403 g/mol. The Morgan fingerprint density at radius 3 is 2.38 bits per heavy atom. The number of nitrogens with zero attached hydrogens (tertiary/aromatic N) is 1. The van der Waals surface area contributed by atoms with E-state index in [9.17, 15) is 18.0 Å². The highest BCUT2D eigenvalue weighted by molar-refractivity contribution is 5.91. The maximum Gasteiger partial charge on any atom is 0.573 e. The van der Waals surface area contributed by atoms with Crippen LogP contribution >= 0.6 is 0 Å². The minimum atomic E-state index is -4.87. The third-order valence-electron chi connectivity index (χ3n) is 3.84. The number of rotatable bonds is 6. The summed E-state index contributed by atoms with van der Waals surface area (Å²) in [6, 6.07) is 17.4. The molecule has 0 N–H and O–H groups in total. The number of esters is 1. The molecule has 0 aliphatic heterocycles. The number of methoxy groups -OCH3 is 1. The van der Waals surface area contributed by atoms with Gasteiger partial charge in [-0.1, -0.05) is 42.5 Å². The highest BCUT2D eigenvalue weighted by atomic mass is 19.4. The van der Waals surface area contributed by atoms with Crippen molar-refractivity contribution in [2.75, 3.05) is 7.11 Å². The number of hydrogen-bond acceptors (Lipinski definition) is 5. The van der Waals surface area contributed by atoms with E-state index in [-0.39, 0.29) is 29.3 Å². The van der Waals surface area contributed by atoms with Crippen molar-refractivity contribution in [2.45, 2.75) is 13.0 Å². The number of alkyl halides is 3. The third kappa shape index (κ3) is 5.47. The van der Waals surface area contributed by atoms with Crippen LogP contribution in [-0.2, 0) is 11.3 Å². The predicted molar refractivity (Wildman–Crippen MR) is 98.5 cm³/mol. The number of halogens is 3. The molecular formula is C21H16F3NO4. The van der Waals surface area contributed by atoms with Crippen molar-refractivity contribution in [1.29, 1.82) is 0 Å². The zero-order valence-electron chi connectivity index (χ0n) is 15.3. The molecule has 0 radical (unpaired) electrons. The zero-order valence-corrected chi connectivity index (χ0v) is 15.3.